The molecule has 222 valence electrons. The van der Waals surface area contributed by atoms with Gasteiger partial charge in [-0.25, -0.2) is 4.79 Å². The Morgan fingerprint density at radius 3 is 2.62 bits per heavy atom. The molecule has 3 unspecified atom stereocenters. The number of carbonyl (C=O) groups is 1. The largest absolute Gasteiger partial charge is 0.492 e. The Kier molecular flexibility index (Phi) is 10.6. The van der Waals surface area contributed by atoms with Crippen molar-refractivity contribution < 1.29 is 43.1 Å². The van der Waals surface area contributed by atoms with Gasteiger partial charge in [-0.05, 0) is 38.8 Å². The van der Waals surface area contributed by atoms with Gasteiger partial charge in [0.1, 0.15) is 42.0 Å². The van der Waals surface area contributed by atoms with Gasteiger partial charge >= 0.3 is 5.97 Å². The summed E-state index contributed by atoms with van der Waals surface area (Å²) in [5, 5.41) is 10.9. The Balaban J connectivity index is 1.66. The summed E-state index contributed by atoms with van der Waals surface area (Å²) in [6, 6.07) is 3.51. The molecule has 4 rings (SSSR count). The lowest BCUT2D eigenvalue weighted by molar-refractivity contribution is -0.152. The van der Waals surface area contributed by atoms with Crippen LogP contribution in [0.25, 0.3) is 6.08 Å². The summed E-state index contributed by atoms with van der Waals surface area (Å²) in [7, 11) is 1.52. The number of ether oxygens (including phenoxy) is 7. The highest BCUT2D eigenvalue weighted by Gasteiger charge is 2.43. The summed E-state index contributed by atoms with van der Waals surface area (Å²) in [4.78, 5) is 15.8. The number of methoxy groups -OCH3 is 1. The average Bonchev–Trinajstić information content (AvgIpc) is 3.24. The Morgan fingerprint density at radius 2 is 1.88 bits per heavy atom. The fourth-order valence-electron chi connectivity index (χ4n) is 4.95. The molecule has 3 aliphatic rings. The predicted octanol–water partition coefficient (Wildman–Crippen LogP) is 3.42. The van der Waals surface area contributed by atoms with Crippen LogP contribution < -0.4 is 9.47 Å². The van der Waals surface area contributed by atoms with E-state index in [0.29, 0.717) is 30.1 Å². The molecule has 3 aliphatic heterocycles. The third-order valence-electron chi connectivity index (χ3n) is 7.29. The lowest BCUT2D eigenvalue weighted by atomic mass is 9.99. The van der Waals surface area contributed by atoms with Gasteiger partial charge in [0.2, 0.25) is 0 Å². The van der Waals surface area contributed by atoms with Crippen LogP contribution in [0.15, 0.2) is 30.4 Å². The zero-order chi connectivity index (χ0) is 28.7. The van der Waals surface area contributed by atoms with Crippen LogP contribution in [-0.2, 0) is 23.7 Å². The van der Waals surface area contributed by atoms with Crippen LogP contribution in [0.2, 0.25) is 0 Å². The SMILES string of the molecule is COCOc1cc(OCCN2CCOCC2)cc2c1C(=O)O[C@@H](C)[C@H](C)/C=C\C(O)C1OC(C)(C)OC1C/C=C/2. The number of aliphatic hydroxyl groups excluding tert-OH is 1. The topological polar surface area (TPSA) is 105 Å². The predicted molar refractivity (Wildman–Crippen MR) is 148 cm³/mol. The number of fused-ring (bicyclic) bond motifs is 2. The van der Waals surface area contributed by atoms with Crippen molar-refractivity contribution in [2.24, 2.45) is 5.92 Å². The van der Waals surface area contributed by atoms with E-state index in [9.17, 15) is 9.90 Å². The molecule has 1 N–H and O–H groups in total. The number of rotatable bonds is 7. The molecular weight excluding hydrogens is 518 g/mol. The molecular formula is C30H43NO9. The standard InChI is InChI=1S/C30H43NO9/c1-20-9-10-24(32)28-25(39-30(3,4)40-28)8-6-7-22-17-23(36-16-13-31-11-14-35-15-12-31)18-26(37-19-34-5)27(22)29(33)38-21(20)2/h6-7,9-10,17-18,20-21,24-25,28,32H,8,11-16,19H2,1-5H3/b7-6+,10-9-/t20-,21+,24?,25?,28?/m1/s1. The van der Waals surface area contributed by atoms with Crippen molar-refractivity contribution in [1.29, 1.82) is 0 Å². The highest BCUT2D eigenvalue weighted by Crippen LogP contribution is 2.35. The molecule has 0 spiro atoms. The van der Waals surface area contributed by atoms with Crippen molar-refractivity contribution in [2.75, 3.05) is 53.4 Å². The maximum absolute atomic E-state index is 13.5. The van der Waals surface area contributed by atoms with E-state index in [1.165, 1.54) is 7.11 Å². The van der Waals surface area contributed by atoms with Gasteiger partial charge in [-0.1, -0.05) is 31.2 Å². The fraction of sp³-hybridized carbons (Fsp3) is 0.633. The summed E-state index contributed by atoms with van der Waals surface area (Å²) in [5.74, 6) is -0.635. The van der Waals surface area contributed by atoms with Crippen LogP contribution in [0.4, 0.5) is 0 Å². The van der Waals surface area contributed by atoms with Gasteiger partial charge in [-0.15, -0.1) is 0 Å². The normalized spacial score (nSPS) is 30.9. The minimum absolute atomic E-state index is 0.0444. The molecule has 2 saturated heterocycles. The molecule has 0 aliphatic carbocycles. The Bertz CT molecular complexity index is 1050. The van der Waals surface area contributed by atoms with E-state index in [1.54, 1.807) is 12.1 Å². The first kappa shape index (κ1) is 30.5. The van der Waals surface area contributed by atoms with E-state index in [-0.39, 0.29) is 24.4 Å². The molecule has 1 aromatic carbocycles. The fourth-order valence-corrected chi connectivity index (χ4v) is 4.95. The molecule has 10 nitrogen and oxygen atoms in total. The Hall–Kier alpha value is -2.47. The smallest absolute Gasteiger partial charge is 0.342 e. The van der Waals surface area contributed by atoms with Crippen molar-refractivity contribution in [3.05, 3.63) is 41.5 Å². The first-order valence-corrected chi connectivity index (χ1v) is 14.0. The highest BCUT2D eigenvalue weighted by atomic mass is 16.8. The van der Waals surface area contributed by atoms with Crippen LogP contribution in [0.5, 0.6) is 11.5 Å². The number of aliphatic hydroxyl groups is 1. The summed E-state index contributed by atoms with van der Waals surface area (Å²) in [5.41, 5.74) is 0.872. The van der Waals surface area contributed by atoms with E-state index in [0.717, 1.165) is 32.8 Å². The number of hydrogen-bond donors (Lipinski definition) is 1. The van der Waals surface area contributed by atoms with Gasteiger partial charge in [-0.3, -0.25) is 4.90 Å². The van der Waals surface area contributed by atoms with Crippen molar-refractivity contribution in [3.8, 4) is 11.5 Å². The van der Waals surface area contributed by atoms with E-state index in [1.807, 2.05) is 52.0 Å². The van der Waals surface area contributed by atoms with Gasteiger partial charge in [0.25, 0.3) is 0 Å². The van der Waals surface area contributed by atoms with E-state index in [2.05, 4.69) is 4.90 Å². The number of morpholine rings is 1. The molecule has 3 heterocycles. The Labute approximate surface area is 236 Å². The minimum atomic E-state index is -0.874. The molecule has 10 heteroatoms. The van der Waals surface area contributed by atoms with E-state index < -0.39 is 30.1 Å². The first-order valence-electron chi connectivity index (χ1n) is 14.0. The lowest BCUT2D eigenvalue weighted by Crippen LogP contribution is -2.38. The van der Waals surface area contributed by atoms with Gasteiger partial charge < -0.3 is 38.3 Å². The molecule has 1 aromatic rings. The quantitative estimate of drug-likeness (QED) is 0.303. The van der Waals surface area contributed by atoms with Gasteiger partial charge in [0.15, 0.2) is 12.6 Å². The average molecular weight is 562 g/mol. The number of esters is 1. The number of hydrogen-bond acceptors (Lipinski definition) is 10. The summed E-state index contributed by atoms with van der Waals surface area (Å²) < 4.78 is 40.5. The second-order valence-electron chi connectivity index (χ2n) is 10.9. The third kappa shape index (κ3) is 8.05. The van der Waals surface area contributed by atoms with Crippen LogP contribution in [0, 0.1) is 5.92 Å². The molecule has 0 radical (unpaired) electrons. The molecule has 0 saturated carbocycles. The van der Waals surface area contributed by atoms with Crippen LogP contribution in [-0.4, -0.2) is 99.5 Å². The summed E-state index contributed by atoms with van der Waals surface area (Å²) >= 11 is 0. The highest BCUT2D eigenvalue weighted by molar-refractivity contribution is 5.97. The van der Waals surface area contributed by atoms with Gasteiger partial charge in [0.05, 0.1) is 19.3 Å². The number of nitrogens with zero attached hydrogens (tertiary/aromatic N) is 1. The lowest BCUT2D eigenvalue weighted by Gasteiger charge is -2.26. The van der Waals surface area contributed by atoms with Gasteiger partial charge in [-0.2, -0.15) is 0 Å². The molecule has 2 fully saturated rings. The minimum Gasteiger partial charge on any atom is -0.492 e. The van der Waals surface area contributed by atoms with Gasteiger partial charge in [0, 0.05) is 38.7 Å². The number of cyclic esters (lactones) is 1. The van der Waals surface area contributed by atoms with E-state index in [4.69, 9.17) is 33.2 Å². The van der Waals surface area contributed by atoms with Crippen LogP contribution >= 0.6 is 0 Å². The first-order chi connectivity index (χ1) is 19.2. The monoisotopic (exact) mass is 561 g/mol. The molecule has 40 heavy (non-hydrogen) atoms. The molecule has 0 aromatic heterocycles. The number of carbonyl (C=O) groups excluding carboxylic acids is 1. The van der Waals surface area contributed by atoms with E-state index >= 15 is 0 Å². The zero-order valence-corrected chi connectivity index (χ0v) is 24.2. The Morgan fingerprint density at radius 1 is 1.10 bits per heavy atom. The van der Waals surface area contributed by atoms with Crippen molar-refractivity contribution in [2.45, 2.75) is 64.3 Å². The van der Waals surface area contributed by atoms with Crippen LogP contribution in [0.3, 0.4) is 0 Å². The summed E-state index contributed by atoms with van der Waals surface area (Å²) in [6.45, 7) is 11.8. The number of benzene rings is 1. The molecule has 5 atom stereocenters. The molecule has 0 amide bonds. The maximum atomic E-state index is 13.5. The van der Waals surface area contributed by atoms with Crippen molar-refractivity contribution in [1.82, 2.24) is 4.90 Å². The van der Waals surface area contributed by atoms with Crippen molar-refractivity contribution >= 4 is 12.0 Å². The maximum Gasteiger partial charge on any atom is 0.342 e. The molecule has 0 bridgehead atoms. The summed E-state index contributed by atoms with van der Waals surface area (Å²) in [6.07, 6.45) is 5.45. The second kappa shape index (κ2) is 13.9. The third-order valence-corrected chi connectivity index (χ3v) is 7.29. The van der Waals surface area contributed by atoms with Crippen LogP contribution in [0.1, 0.15) is 50.0 Å². The van der Waals surface area contributed by atoms with Crippen molar-refractivity contribution in [3.63, 3.8) is 0 Å². The zero-order valence-electron chi connectivity index (χ0n) is 24.2. The second-order valence-corrected chi connectivity index (χ2v) is 10.9.